The van der Waals surface area contributed by atoms with E-state index in [0.717, 1.165) is 4.90 Å². The van der Waals surface area contributed by atoms with Gasteiger partial charge in [-0.3, -0.25) is 34.2 Å². The van der Waals surface area contributed by atoms with Gasteiger partial charge in [-0.1, -0.05) is 6.07 Å². The van der Waals surface area contributed by atoms with Crippen molar-refractivity contribution >= 4 is 30.4 Å². The van der Waals surface area contributed by atoms with Crippen molar-refractivity contribution in [1.82, 2.24) is 10.2 Å². The van der Waals surface area contributed by atoms with Crippen LogP contribution in [0.4, 0.5) is 0 Å². The number of nitrogens with zero attached hydrogens (tertiary/aromatic N) is 1. The number of aryl methyl sites for hydroxylation is 1. The molecule has 1 aliphatic heterocycles. The SMILES string of the molecule is Cc1cc(C=O)ccc1C(=O)N(C=O)C1CCC(=O)NC1=O. The lowest BCUT2D eigenvalue weighted by Gasteiger charge is -2.28. The maximum Gasteiger partial charge on any atom is 0.261 e. The first-order valence-electron chi connectivity index (χ1n) is 6.65. The van der Waals surface area contributed by atoms with Crippen LogP contribution in [0.25, 0.3) is 0 Å². The third-order valence-corrected chi connectivity index (χ3v) is 3.51. The Morgan fingerprint density at radius 3 is 2.59 bits per heavy atom. The Bertz CT molecular complexity index is 668. The Hall–Kier alpha value is -2.83. The Balaban J connectivity index is 2.29. The summed E-state index contributed by atoms with van der Waals surface area (Å²) in [6.45, 7) is 1.63. The molecule has 22 heavy (non-hydrogen) atoms. The maximum atomic E-state index is 12.5. The van der Waals surface area contributed by atoms with Crippen LogP contribution in [0, 0.1) is 6.92 Å². The Kier molecular flexibility index (Phi) is 4.45. The molecule has 0 spiro atoms. The average molecular weight is 302 g/mol. The van der Waals surface area contributed by atoms with Crippen molar-refractivity contribution in [3.8, 4) is 0 Å². The number of hydrogen-bond donors (Lipinski definition) is 1. The summed E-state index contributed by atoms with van der Waals surface area (Å²) < 4.78 is 0. The number of piperidine rings is 1. The molecule has 0 bridgehead atoms. The molecule has 114 valence electrons. The molecule has 1 heterocycles. The highest BCUT2D eigenvalue weighted by Gasteiger charge is 2.35. The van der Waals surface area contributed by atoms with Crippen molar-refractivity contribution in [3.05, 3.63) is 34.9 Å². The summed E-state index contributed by atoms with van der Waals surface area (Å²) in [6.07, 6.45) is 1.10. The van der Waals surface area contributed by atoms with Gasteiger partial charge in [0.15, 0.2) is 0 Å². The quantitative estimate of drug-likeness (QED) is 0.633. The zero-order valence-corrected chi connectivity index (χ0v) is 11.9. The molecule has 7 nitrogen and oxygen atoms in total. The summed E-state index contributed by atoms with van der Waals surface area (Å²) in [7, 11) is 0. The summed E-state index contributed by atoms with van der Waals surface area (Å²) in [5.41, 5.74) is 1.16. The van der Waals surface area contributed by atoms with Crippen LogP contribution in [0.3, 0.4) is 0 Å². The second-order valence-electron chi connectivity index (χ2n) is 4.98. The minimum Gasteiger partial charge on any atom is -0.298 e. The third kappa shape index (κ3) is 2.93. The number of nitrogens with one attached hydrogen (secondary N) is 1. The van der Waals surface area contributed by atoms with E-state index in [0.29, 0.717) is 17.4 Å². The molecule has 4 amide bonds. The van der Waals surface area contributed by atoms with Crippen LogP contribution in [0.1, 0.15) is 39.1 Å². The zero-order chi connectivity index (χ0) is 16.3. The molecule has 0 radical (unpaired) electrons. The fraction of sp³-hybridized carbons (Fsp3) is 0.267. The van der Waals surface area contributed by atoms with Gasteiger partial charge in [-0.25, -0.2) is 0 Å². The van der Waals surface area contributed by atoms with Gasteiger partial charge in [0.1, 0.15) is 12.3 Å². The minimum atomic E-state index is -1.01. The van der Waals surface area contributed by atoms with Gasteiger partial charge >= 0.3 is 0 Å². The van der Waals surface area contributed by atoms with E-state index in [1.165, 1.54) is 18.2 Å². The largest absolute Gasteiger partial charge is 0.298 e. The van der Waals surface area contributed by atoms with Gasteiger partial charge in [-0.05, 0) is 31.0 Å². The van der Waals surface area contributed by atoms with Crippen molar-refractivity contribution in [2.24, 2.45) is 0 Å². The van der Waals surface area contributed by atoms with E-state index in [4.69, 9.17) is 0 Å². The van der Waals surface area contributed by atoms with Gasteiger partial charge in [0.2, 0.25) is 18.2 Å². The predicted octanol–water partition coefficient (Wildman–Crippen LogP) is 0.211. The van der Waals surface area contributed by atoms with E-state index in [1.807, 2.05) is 0 Å². The molecular formula is C15H14N2O5. The van der Waals surface area contributed by atoms with Gasteiger partial charge in [0.05, 0.1) is 0 Å². The zero-order valence-electron chi connectivity index (χ0n) is 11.9. The first-order chi connectivity index (χ1) is 10.5. The summed E-state index contributed by atoms with van der Waals surface area (Å²) >= 11 is 0. The predicted molar refractivity (Wildman–Crippen MR) is 75.0 cm³/mol. The molecule has 1 aliphatic rings. The summed E-state index contributed by atoms with van der Waals surface area (Å²) in [4.78, 5) is 58.2. The molecular weight excluding hydrogens is 288 g/mol. The van der Waals surface area contributed by atoms with Crippen LogP contribution in [-0.4, -0.2) is 41.4 Å². The van der Waals surface area contributed by atoms with Crippen LogP contribution < -0.4 is 5.32 Å². The van der Waals surface area contributed by atoms with Crippen molar-refractivity contribution in [2.45, 2.75) is 25.8 Å². The van der Waals surface area contributed by atoms with Gasteiger partial charge in [-0.2, -0.15) is 0 Å². The highest BCUT2D eigenvalue weighted by atomic mass is 16.2. The van der Waals surface area contributed by atoms with E-state index in [2.05, 4.69) is 5.32 Å². The lowest BCUT2D eigenvalue weighted by molar-refractivity contribution is -0.139. The monoisotopic (exact) mass is 302 g/mol. The topological polar surface area (TPSA) is 101 Å². The molecule has 1 fully saturated rings. The lowest BCUT2D eigenvalue weighted by atomic mass is 10.0. The van der Waals surface area contributed by atoms with Crippen molar-refractivity contribution < 1.29 is 24.0 Å². The van der Waals surface area contributed by atoms with Crippen molar-refractivity contribution in [3.63, 3.8) is 0 Å². The molecule has 0 saturated carbocycles. The summed E-state index contributed by atoms with van der Waals surface area (Å²) in [5, 5.41) is 2.11. The number of aldehydes is 1. The molecule has 0 aromatic heterocycles. The number of hydrogen-bond acceptors (Lipinski definition) is 5. The second kappa shape index (κ2) is 6.30. The summed E-state index contributed by atoms with van der Waals surface area (Å²) in [5.74, 6) is -1.73. The first kappa shape index (κ1) is 15.6. The van der Waals surface area contributed by atoms with Crippen LogP contribution in [0.2, 0.25) is 0 Å². The van der Waals surface area contributed by atoms with Crippen LogP contribution >= 0.6 is 0 Å². The third-order valence-electron chi connectivity index (χ3n) is 3.51. The standard InChI is InChI=1S/C15H14N2O5/c1-9-6-10(7-18)2-3-11(9)15(22)17(8-19)12-4-5-13(20)16-14(12)21/h2-3,6-8,12H,4-5H2,1H3,(H,16,20,21). The molecule has 2 rings (SSSR count). The lowest BCUT2D eigenvalue weighted by Crippen LogP contribution is -2.53. The van der Waals surface area contributed by atoms with Crippen molar-refractivity contribution in [1.29, 1.82) is 0 Å². The molecule has 1 N–H and O–H groups in total. The normalized spacial score (nSPS) is 17.6. The highest BCUT2D eigenvalue weighted by molar-refractivity contribution is 6.07. The average Bonchev–Trinajstić information content (AvgIpc) is 2.49. The number of benzene rings is 1. The molecule has 1 atom stereocenters. The molecule has 0 aliphatic carbocycles. The van der Waals surface area contributed by atoms with E-state index in [-0.39, 0.29) is 24.8 Å². The Morgan fingerprint density at radius 1 is 1.32 bits per heavy atom. The van der Waals surface area contributed by atoms with Crippen LogP contribution in [0.15, 0.2) is 18.2 Å². The Labute approximate surface area is 126 Å². The van der Waals surface area contributed by atoms with E-state index < -0.39 is 23.8 Å². The fourth-order valence-electron chi connectivity index (χ4n) is 2.35. The fourth-order valence-corrected chi connectivity index (χ4v) is 2.35. The maximum absolute atomic E-state index is 12.5. The minimum absolute atomic E-state index is 0.0666. The van der Waals surface area contributed by atoms with E-state index >= 15 is 0 Å². The van der Waals surface area contributed by atoms with E-state index in [9.17, 15) is 24.0 Å². The first-order valence-corrected chi connectivity index (χ1v) is 6.65. The Morgan fingerprint density at radius 2 is 2.05 bits per heavy atom. The number of carbonyl (C=O) groups is 5. The molecule has 1 saturated heterocycles. The van der Waals surface area contributed by atoms with E-state index in [1.54, 1.807) is 6.92 Å². The van der Waals surface area contributed by atoms with Gasteiger partial charge < -0.3 is 0 Å². The second-order valence-corrected chi connectivity index (χ2v) is 4.98. The molecule has 1 aromatic carbocycles. The van der Waals surface area contributed by atoms with Gasteiger partial charge in [-0.15, -0.1) is 0 Å². The highest BCUT2D eigenvalue weighted by Crippen LogP contribution is 2.17. The van der Waals surface area contributed by atoms with Gasteiger partial charge in [0.25, 0.3) is 5.91 Å². The smallest absolute Gasteiger partial charge is 0.261 e. The summed E-state index contributed by atoms with van der Waals surface area (Å²) in [6, 6.07) is 3.41. The van der Waals surface area contributed by atoms with Crippen molar-refractivity contribution in [2.75, 3.05) is 0 Å². The number of carbonyl (C=O) groups excluding carboxylic acids is 5. The van der Waals surface area contributed by atoms with Gasteiger partial charge in [0, 0.05) is 17.5 Å². The number of rotatable bonds is 4. The molecule has 1 unspecified atom stereocenters. The molecule has 1 aromatic rings. The number of imide groups is 2. The van der Waals surface area contributed by atoms with Crippen LogP contribution in [0.5, 0.6) is 0 Å². The molecule has 7 heteroatoms. The number of amides is 4. The van der Waals surface area contributed by atoms with Crippen LogP contribution in [-0.2, 0) is 14.4 Å².